The highest BCUT2D eigenvalue weighted by atomic mass is 35.5. The summed E-state index contributed by atoms with van der Waals surface area (Å²) in [6.45, 7) is 0.879. The average Bonchev–Trinajstić information content (AvgIpc) is 2.30. The second-order valence-electron chi connectivity index (χ2n) is 3.50. The van der Waals surface area contributed by atoms with E-state index in [4.69, 9.17) is 4.74 Å². The molecule has 0 aliphatic rings. The first-order chi connectivity index (χ1) is 7.36. The SMILES string of the molecule is CNCc1ccc(OC)c2ccccc12.Cl. The molecule has 1 N–H and O–H groups in total. The zero-order chi connectivity index (χ0) is 10.7. The van der Waals surface area contributed by atoms with Crippen LogP contribution >= 0.6 is 12.4 Å². The van der Waals surface area contributed by atoms with Gasteiger partial charge in [0.1, 0.15) is 5.75 Å². The fourth-order valence-corrected chi connectivity index (χ4v) is 1.86. The van der Waals surface area contributed by atoms with Crippen LogP contribution in [0.3, 0.4) is 0 Å². The zero-order valence-electron chi connectivity index (χ0n) is 9.49. The highest BCUT2D eigenvalue weighted by Gasteiger charge is 2.04. The molecule has 0 spiro atoms. The lowest BCUT2D eigenvalue weighted by atomic mass is 10.0. The van der Waals surface area contributed by atoms with Gasteiger partial charge in [-0.25, -0.2) is 0 Å². The molecule has 0 aliphatic carbocycles. The zero-order valence-corrected chi connectivity index (χ0v) is 10.3. The maximum absolute atomic E-state index is 5.34. The third kappa shape index (κ3) is 2.29. The summed E-state index contributed by atoms with van der Waals surface area (Å²) in [5.41, 5.74) is 1.30. The van der Waals surface area contributed by atoms with Crippen molar-refractivity contribution in [2.75, 3.05) is 14.2 Å². The minimum absolute atomic E-state index is 0. The molecule has 2 nitrogen and oxygen atoms in total. The van der Waals surface area contributed by atoms with Gasteiger partial charge in [0.25, 0.3) is 0 Å². The Bertz CT molecular complexity index is 470. The van der Waals surface area contributed by atoms with Gasteiger partial charge in [-0.1, -0.05) is 30.3 Å². The topological polar surface area (TPSA) is 21.3 Å². The molecule has 0 fully saturated rings. The van der Waals surface area contributed by atoms with Gasteiger partial charge in [0.05, 0.1) is 7.11 Å². The van der Waals surface area contributed by atoms with Crippen LogP contribution in [0.5, 0.6) is 5.75 Å². The van der Waals surface area contributed by atoms with E-state index in [-0.39, 0.29) is 12.4 Å². The maximum Gasteiger partial charge on any atom is 0.126 e. The third-order valence-corrected chi connectivity index (χ3v) is 2.56. The molecule has 0 bridgehead atoms. The number of fused-ring (bicyclic) bond motifs is 1. The molecule has 0 aromatic heterocycles. The minimum atomic E-state index is 0. The van der Waals surface area contributed by atoms with Gasteiger partial charge in [-0.15, -0.1) is 12.4 Å². The van der Waals surface area contributed by atoms with E-state index in [1.54, 1.807) is 7.11 Å². The van der Waals surface area contributed by atoms with E-state index in [0.29, 0.717) is 0 Å². The first-order valence-corrected chi connectivity index (χ1v) is 5.06. The molecule has 0 saturated carbocycles. The Morgan fingerprint density at radius 1 is 1.06 bits per heavy atom. The van der Waals surface area contributed by atoms with Gasteiger partial charge in [-0.2, -0.15) is 0 Å². The van der Waals surface area contributed by atoms with Crippen LogP contribution in [0.25, 0.3) is 10.8 Å². The molecule has 0 saturated heterocycles. The second kappa shape index (κ2) is 5.73. The number of hydrogen-bond donors (Lipinski definition) is 1. The summed E-state index contributed by atoms with van der Waals surface area (Å²) in [7, 11) is 3.67. The van der Waals surface area contributed by atoms with Crippen molar-refractivity contribution < 1.29 is 4.74 Å². The third-order valence-electron chi connectivity index (χ3n) is 2.56. The van der Waals surface area contributed by atoms with E-state index in [2.05, 4.69) is 29.6 Å². The molecule has 2 aromatic rings. The lowest BCUT2D eigenvalue weighted by Gasteiger charge is -2.09. The van der Waals surface area contributed by atoms with Gasteiger partial charge in [0.2, 0.25) is 0 Å². The normalized spacial score (nSPS) is 9.88. The molecule has 0 heterocycles. The monoisotopic (exact) mass is 237 g/mol. The van der Waals surface area contributed by atoms with Crippen molar-refractivity contribution in [1.29, 1.82) is 0 Å². The summed E-state index contributed by atoms with van der Waals surface area (Å²) < 4.78 is 5.34. The van der Waals surface area contributed by atoms with Gasteiger partial charge in [-0.3, -0.25) is 0 Å². The number of hydrogen-bond acceptors (Lipinski definition) is 2. The molecule has 86 valence electrons. The Kier molecular flexibility index (Phi) is 4.59. The first-order valence-electron chi connectivity index (χ1n) is 5.06. The van der Waals surface area contributed by atoms with E-state index in [9.17, 15) is 0 Å². The molecule has 0 radical (unpaired) electrons. The maximum atomic E-state index is 5.34. The van der Waals surface area contributed by atoms with Crippen LogP contribution in [0.1, 0.15) is 5.56 Å². The summed E-state index contributed by atoms with van der Waals surface area (Å²) >= 11 is 0. The molecule has 0 unspecified atom stereocenters. The van der Waals surface area contributed by atoms with Crippen molar-refractivity contribution in [3.8, 4) is 5.75 Å². The number of halogens is 1. The lowest BCUT2D eigenvalue weighted by molar-refractivity contribution is 0.419. The van der Waals surface area contributed by atoms with Crippen molar-refractivity contribution in [3.63, 3.8) is 0 Å². The Labute approximate surface area is 102 Å². The molecular formula is C13H16ClNO. The number of ether oxygens (including phenoxy) is 1. The van der Waals surface area contributed by atoms with E-state index in [1.807, 2.05) is 19.2 Å². The van der Waals surface area contributed by atoms with Crippen LogP contribution in [0.4, 0.5) is 0 Å². The van der Waals surface area contributed by atoms with E-state index >= 15 is 0 Å². The van der Waals surface area contributed by atoms with Crippen molar-refractivity contribution >= 4 is 23.2 Å². The average molecular weight is 238 g/mol. The quantitative estimate of drug-likeness (QED) is 0.886. The smallest absolute Gasteiger partial charge is 0.126 e. The van der Waals surface area contributed by atoms with Crippen LogP contribution in [0.15, 0.2) is 36.4 Å². The second-order valence-corrected chi connectivity index (χ2v) is 3.50. The van der Waals surface area contributed by atoms with E-state index in [0.717, 1.165) is 12.3 Å². The molecule has 2 rings (SSSR count). The first kappa shape index (κ1) is 12.8. The van der Waals surface area contributed by atoms with Gasteiger partial charge >= 0.3 is 0 Å². The predicted molar refractivity (Wildman–Crippen MR) is 70.5 cm³/mol. The number of benzene rings is 2. The summed E-state index contributed by atoms with van der Waals surface area (Å²) in [5.74, 6) is 0.936. The van der Waals surface area contributed by atoms with Gasteiger partial charge in [0.15, 0.2) is 0 Å². The van der Waals surface area contributed by atoms with Crippen molar-refractivity contribution in [1.82, 2.24) is 5.32 Å². The predicted octanol–water partition coefficient (Wildman–Crippen LogP) is 2.99. The van der Waals surface area contributed by atoms with Crippen molar-refractivity contribution in [2.45, 2.75) is 6.54 Å². The minimum Gasteiger partial charge on any atom is -0.496 e. The Hall–Kier alpha value is -1.25. The van der Waals surface area contributed by atoms with E-state index in [1.165, 1.54) is 16.3 Å². The summed E-state index contributed by atoms with van der Waals surface area (Å²) in [6, 6.07) is 12.4. The highest BCUT2D eigenvalue weighted by Crippen LogP contribution is 2.28. The van der Waals surface area contributed by atoms with Gasteiger partial charge < -0.3 is 10.1 Å². The van der Waals surface area contributed by atoms with Crippen LogP contribution in [-0.4, -0.2) is 14.2 Å². The molecule has 3 heteroatoms. The summed E-state index contributed by atoms with van der Waals surface area (Å²) in [5, 5.41) is 5.60. The lowest BCUT2D eigenvalue weighted by Crippen LogP contribution is -2.05. The van der Waals surface area contributed by atoms with Crippen LogP contribution < -0.4 is 10.1 Å². The number of nitrogens with one attached hydrogen (secondary N) is 1. The standard InChI is InChI=1S/C13H15NO.ClH/c1-14-9-10-7-8-13(15-2)12-6-4-3-5-11(10)12;/h3-8,14H,9H2,1-2H3;1H. The van der Waals surface area contributed by atoms with Gasteiger partial charge in [-0.05, 0) is 24.1 Å². The summed E-state index contributed by atoms with van der Waals surface area (Å²) in [4.78, 5) is 0. The van der Waals surface area contributed by atoms with Crippen LogP contribution in [0.2, 0.25) is 0 Å². The van der Waals surface area contributed by atoms with Crippen LogP contribution in [-0.2, 0) is 6.54 Å². The molecule has 0 amide bonds. The van der Waals surface area contributed by atoms with E-state index < -0.39 is 0 Å². The van der Waals surface area contributed by atoms with Crippen LogP contribution in [0, 0.1) is 0 Å². The molecule has 2 aromatic carbocycles. The van der Waals surface area contributed by atoms with Crippen molar-refractivity contribution in [2.24, 2.45) is 0 Å². The largest absolute Gasteiger partial charge is 0.496 e. The summed E-state index contributed by atoms with van der Waals surface area (Å²) in [6.07, 6.45) is 0. The Balaban J connectivity index is 0.00000128. The molecule has 0 aliphatic heterocycles. The Morgan fingerprint density at radius 2 is 1.75 bits per heavy atom. The van der Waals surface area contributed by atoms with Crippen molar-refractivity contribution in [3.05, 3.63) is 42.0 Å². The number of rotatable bonds is 3. The van der Waals surface area contributed by atoms with Gasteiger partial charge in [0, 0.05) is 11.9 Å². The molecular weight excluding hydrogens is 222 g/mol. The molecule has 16 heavy (non-hydrogen) atoms. The molecule has 0 atom stereocenters. The Morgan fingerprint density at radius 3 is 2.38 bits per heavy atom. The number of methoxy groups -OCH3 is 1. The fourth-order valence-electron chi connectivity index (χ4n) is 1.86. The fraction of sp³-hybridized carbons (Fsp3) is 0.231. The highest BCUT2D eigenvalue weighted by molar-refractivity contribution is 5.91.